The van der Waals surface area contributed by atoms with Crippen LogP contribution in [0.25, 0.3) is 0 Å². The van der Waals surface area contributed by atoms with Crippen molar-refractivity contribution in [3.8, 4) is 0 Å². The summed E-state index contributed by atoms with van der Waals surface area (Å²) in [5.41, 5.74) is -1.75. The van der Waals surface area contributed by atoms with Gasteiger partial charge in [-0.1, -0.05) is 6.07 Å². The van der Waals surface area contributed by atoms with Crippen LogP contribution in [0.5, 0.6) is 0 Å². The first-order chi connectivity index (χ1) is 18.4. The van der Waals surface area contributed by atoms with E-state index in [0.717, 1.165) is 24.3 Å². The molecule has 7 nitrogen and oxygen atoms in total. The Hall–Kier alpha value is -3.35. The molecule has 0 bridgehead atoms. The summed E-state index contributed by atoms with van der Waals surface area (Å²) >= 11 is 0. The van der Waals surface area contributed by atoms with Gasteiger partial charge in [-0.2, -0.15) is 26.3 Å². The summed E-state index contributed by atoms with van der Waals surface area (Å²) in [6.45, 7) is 1.44. The quantitative estimate of drug-likeness (QED) is 0.323. The van der Waals surface area contributed by atoms with Crippen molar-refractivity contribution in [2.24, 2.45) is 5.18 Å². The van der Waals surface area contributed by atoms with Crippen molar-refractivity contribution in [3.05, 3.63) is 58.5 Å². The lowest BCUT2D eigenvalue weighted by atomic mass is 9.92. The molecule has 0 atom stereocenters. The average molecular weight is 559 g/mol. The molecule has 0 radical (unpaired) electrons. The number of rotatable bonds is 7. The fourth-order valence-corrected chi connectivity index (χ4v) is 4.92. The normalized spacial score (nSPS) is 20.6. The third kappa shape index (κ3) is 7.40. The lowest BCUT2D eigenvalue weighted by Crippen LogP contribution is -2.50. The van der Waals surface area contributed by atoms with E-state index >= 15 is 0 Å². The molecular weight excluding hydrogens is 530 g/mol. The zero-order chi connectivity index (χ0) is 28.2. The van der Waals surface area contributed by atoms with Crippen molar-refractivity contribution < 1.29 is 35.9 Å². The van der Waals surface area contributed by atoms with Crippen LogP contribution in [-0.2, 0) is 21.9 Å². The summed E-state index contributed by atoms with van der Waals surface area (Å²) in [6, 6.07) is 8.35. The van der Waals surface area contributed by atoms with Crippen molar-refractivity contribution >= 4 is 23.0 Å². The predicted molar refractivity (Wildman–Crippen MR) is 133 cm³/mol. The van der Waals surface area contributed by atoms with Crippen LogP contribution in [0.4, 0.5) is 43.4 Å². The number of hydrogen-bond donors (Lipinski definition) is 1. The highest BCUT2D eigenvalue weighted by molar-refractivity contribution is 5.77. The maximum absolute atomic E-state index is 13.2. The van der Waals surface area contributed by atoms with Crippen LogP contribution in [0.2, 0.25) is 0 Å². The molecule has 13 heteroatoms. The van der Waals surface area contributed by atoms with E-state index < -0.39 is 29.2 Å². The second kappa shape index (κ2) is 11.8. The Kier molecular flexibility index (Phi) is 8.67. The molecule has 1 saturated carbocycles. The highest BCUT2D eigenvalue weighted by Crippen LogP contribution is 2.38. The number of ether oxygens (including phenoxy) is 1. The number of anilines is 2. The Labute approximate surface area is 221 Å². The highest BCUT2D eigenvalue weighted by atomic mass is 19.4. The van der Waals surface area contributed by atoms with Crippen molar-refractivity contribution in [2.75, 3.05) is 43.0 Å². The van der Waals surface area contributed by atoms with Crippen LogP contribution >= 0.6 is 0 Å². The molecule has 2 aromatic carbocycles. The number of hydrogen-bond acceptors (Lipinski definition) is 6. The zero-order valence-corrected chi connectivity index (χ0v) is 20.9. The van der Waals surface area contributed by atoms with E-state index in [0.29, 0.717) is 57.5 Å². The van der Waals surface area contributed by atoms with E-state index in [9.17, 15) is 36.0 Å². The van der Waals surface area contributed by atoms with Crippen LogP contribution in [0.3, 0.4) is 0 Å². The minimum Gasteiger partial charge on any atom is -0.382 e. The van der Waals surface area contributed by atoms with E-state index in [4.69, 9.17) is 4.74 Å². The SMILES string of the molecule is O=Nc1ccc(NC2CCC(OCC(=O)N3CCN(c4cccc(C(F)(F)F)c4)CC3)CC2)cc1C(F)(F)F. The number of nitrogens with one attached hydrogen (secondary N) is 1. The van der Waals surface area contributed by atoms with E-state index in [1.165, 1.54) is 12.1 Å². The Morgan fingerprint density at radius 2 is 1.62 bits per heavy atom. The maximum atomic E-state index is 13.2. The molecule has 212 valence electrons. The van der Waals surface area contributed by atoms with Crippen molar-refractivity contribution in [1.82, 2.24) is 4.90 Å². The second-order valence-electron chi connectivity index (χ2n) is 9.67. The van der Waals surface area contributed by atoms with Gasteiger partial charge in [0.25, 0.3) is 0 Å². The molecular formula is C26H28F6N4O3. The zero-order valence-electron chi connectivity index (χ0n) is 20.9. The van der Waals surface area contributed by atoms with Crippen molar-refractivity contribution in [3.63, 3.8) is 0 Å². The lowest BCUT2D eigenvalue weighted by molar-refractivity contribution is -0.139. The number of benzene rings is 2. The smallest absolute Gasteiger partial charge is 0.382 e. The largest absolute Gasteiger partial charge is 0.418 e. The molecule has 39 heavy (non-hydrogen) atoms. The molecule has 1 heterocycles. The van der Waals surface area contributed by atoms with Crippen LogP contribution < -0.4 is 10.2 Å². The molecule has 2 fully saturated rings. The average Bonchev–Trinajstić information content (AvgIpc) is 2.91. The van der Waals surface area contributed by atoms with Crippen molar-refractivity contribution in [2.45, 2.75) is 50.2 Å². The van der Waals surface area contributed by atoms with E-state index in [-0.39, 0.29) is 30.3 Å². The van der Waals surface area contributed by atoms with E-state index in [1.807, 2.05) is 4.90 Å². The number of nitroso groups, excluding NO2 is 1. The molecule has 1 aliphatic carbocycles. The Bertz CT molecular complexity index is 1160. The molecule has 1 saturated heterocycles. The first kappa shape index (κ1) is 28.7. The topological polar surface area (TPSA) is 74.2 Å². The van der Waals surface area contributed by atoms with Gasteiger partial charge in [0.1, 0.15) is 12.3 Å². The molecule has 1 N–H and O–H groups in total. The first-order valence-corrected chi connectivity index (χ1v) is 12.6. The van der Waals surface area contributed by atoms with Crippen LogP contribution in [0, 0.1) is 4.91 Å². The number of halogens is 6. The summed E-state index contributed by atoms with van der Waals surface area (Å²) < 4.78 is 84.3. The molecule has 4 rings (SSSR count). The van der Waals surface area contributed by atoms with Gasteiger partial charge in [-0.15, -0.1) is 4.91 Å². The second-order valence-corrected chi connectivity index (χ2v) is 9.67. The summed E-state index contributed by atoms with van der Waals surface area (Å²) in [5.74, 6) is -0.192. The molecule has 0 unspecified atom stereocenters. The lowest BCUT2D eigenvalue weighted by Gasteiger charge is -2.36. The summed E-state index contributed by atoms with van der Waals surface area (Å²) in [5, 5.41) is 5.52. The van der Waals surface area contributed by atoms with Crippen LogP contribution in [0.1, 0.15) is 36.8 Å². The van der Waals surface area contributed by atoms with Gasteiger partial charge >= 0.3 is 12.4 Å². The van der Waals surface area contributed by atoms with Crippen LogP contribution in [-0.4, -0.2) is 55.7 Å². The molecule has 2 aromatic rings. The monoisotopic (exact) mass is 558 g/mol. The molecule has 1 amide bonds. The van der Waals surface area contributed by atoms with Gasteiger partial charge in [-0.3, -0.25) is 4.79 Å². The number of carbonyl (C=O) groups excluding carboxylic acids is 1. The van der Waals surface area contributed by atoms with Crippen LogP contribution in [0.15, 0.2) is 47.6 Å². The third-order valence-electron chi connectivity index (χ3n) is 7.06. The summed E-state index contributed by atoms with van der Waals surface area (Å²) in [7, 11) is 0. The molecule has 1 aliphatic heterocycles. The molecule has 2 aliphatic rings. The van der Waals surface area contributed by atoms with Gasteiger partial charge in [-0.25, -0.2) is 0 Å². The van der Waals surface area contributed by atoms with Crippen molar-refractivity contribution in [1.29, 1.82) is 0 Å². The summed E-state index contributed by atoms with van der Waals surface area (Å²) in [4.78, 5) is 26.8. The molecule has 0 aromatic heterocycles. The summed E-state index contributed by atoms with van der Waals surface area (Å²) in [6.07, 6.45) is -6.78. The number of alkyl halides is 6. The maximum Gasteiger partial charge on any atom is 0.418 e. The van der Waals surface area contributed by atoms with Gasteiger partial charge in [-0.05, 0) is 67.3 Å². The van der Waals surface area contributed by atoms with E-state index in [2.05, 4.69) is 10.5 Å². The van der Waals surface area contributed by atoms with Gasteiger partial charge < -0.3 is 19.9 Å². The Morgan fingerprint density at radius 3 is 2.23 bits per heavy atom. The van der Waals surface area contributed by atoms with Gasteiger partial charge in [0.05, 0.1) is 17.2 Å². The fourth-order valence-electron chi connectivity index (χ4n) is 4.92. The standard InChI is InChI=1S/C26H28F6N4O3/c27-25(28,29)17-2-1-3-20(14-17)35-10-12-36(13-11-35)24(37)16-39-21-7-4-18(5-8-21)33-19-6-9-23(34-38)22(15-19)26(30,31)32/h1-3,6,9,14-15,18,21,33H,4-5,7-8,10-13,16H2. The third-order valence-corrected chi connectivity index (χ3v) is 7.06. The predicted octanol–water partition coefficient (Wildman–Crippen LogP) is 6.21. The molecule has 0 spiro atoms. The minimum atomic E-state index is -4.69. The van der Waals surface area contributed by atoms with Gasteiger partial charge in [0.2, 0.25) is 5.91 Å². The van der Waals surface area contributed by atoms with Gasteiger partial charge in [0.15, 0.2) is 0 Å². The fraction of sp³-hybridized carbons (Fsp3) is 0.500. The Morgan fingerprint density at radius 1 is 0.923 bits per heavy atom. The van der Waals surface area contributed by atoms with E-state index in [1.54, 1.807) is 11.0 Å². The minimum absolute atomic E-state index is 0.0828. The highest BCUT2D eigenvalue weighted by Gasteiger charge is 2.35. The van der Waals surface area contributed by atoms with Gasteiger partial charge in [0, 0.05) is 43.6 Å². The Balaban J connectivity index is 1.20. The number of nitrogens with zero attached hydrogens (tertiary/aromatic N) is 3. The number of piperazine rings is 1. The first-order valence-electron chi connectivity index (χ1n) is 12.6. The number of carbonyl (C=O) groups is 1. The number of amides is 1.